The van der Waals surface area contributed by atoms with E-state index in [2.05, 4.69) is 28.8 Å². The molecule has 0 amide bonds. The summed E-state index contributed by atoms with van der Waals surface area (Å²) in [7, 11) is -1.31. The first-order valence-corrected chi connectivity index (χ1v) is 11.4. The molecule has 8 heteroatoms. The first-order chi connectivity index (χ1) is 14.5. The standard InChI is InChI=1S/C22H27N3O4S/c1-22(2)14-28-20(29-15-22)8-5-11-27-17-9-10-23-16(12-17)13-30(26)21-24-18-6-3-4-7-19(18)25-21/h3-4,6-7,9-10,12,20H,5,8,11,13-15H2,1-2H3,(H,24,25). The third-order valence-electron chi connectivity index (χ3n) is 4.82. The summed E-state index contributed by atoms with van der Waals surface area (Å²) in [5, 5.41) is 0.458. The van der Waals surface area contributed by atoms with Crippen LogP contribution >= 0.6 is 0 Å². The molecule has 0 radical (unpaired) electrons. The first kappa shape index (κ1) is 21.0. The van der Waals surface area contributed by atoms with Gasteiger partial charge in [0.05, 0.1) is 53.1 Å². The van der Waals surface area contributed by atoms with E-state index in [4.69, 9.17) is 14.2 Å². The zero-order chi connectivity index (χ0) is 21.0. The maximum Gasteiger partial charge on any atom is 0.197 e. The summed E-state index contributed by atoms with van der Waals surface area (Å²) < 4.78 is 30.0. The Morgan fingerprint density at radius 3 is 2.83 bits per heavy atom. The SMILES string of the molecule is CC1(C)COC(CCCOc2ccnc(CS(=O)c3nc4ccccc4[nH]3)c2)OC1. The molecule has 1 aromatic carbocycles. The molecule has 1 saturated heterocycles. The summed E-state index contributed by atoms with van der Waals surface area (Å²) in [6.45, 7) is 6.26. The molecular formula is C22H27N3O4S. The first-order valence-electron chi connectivity index (χ1n) is 10.1. The third kappa shape index (κ3) is 5.44. The lowest BCUT2D eigenvalue weighted by Gasteiger charge is -2.34. The number of para-hydroxylation sites is 2. The van der Waals surface area contributed by atoms with Crippen LogP contribution in [0.1, 0.15) is 32.4 Å². The van der Waals surface area contributed by atoms with E-state index >= 15 is 0 Å². The molecule has 2 aromatic heterocycles. The van der Waals surface area contributed by atoms with E-state index in [1.165, 1.54) is 0 Å². The molecule has 0 aliphatic carbocycles. The highest BCUT2D eigenvalue weighted by molar-refractivity contribution is 7.84. The number of aromatic nitrogens is 3. The molecule has 3 aromatic rings. The van der Waals surface area contributed by atoms with E-state index in [1.54, 1.807) is 6.20 Å². The van der Waals surface area contributed by atoms with Gasteiger partial charge in [-0.1, -0.05) is 26.0 Å². The van der Waals surface area contributed by atoms with Gasteiger partial charge in [0.2, 0.25) is 0 Å². The minimum atomic E-state index is -1.31. The number of benzene rings is 1. The van der Waals surface area contributed by atoms with Crippen molar-refractivity contribution in [1.29, 1.82) is 0 Å². The zero-order valence-electron chi connectivity index (χ0n) is 17.3. The van der Waals surface area contributed by atoms with E-state index in [9.17, 15) is 4.21 Å². The number of fused-ring (bicyclic) bond motifs is 1. The van der Waals surface area contributed by atoms with Crippen LogP contribution in [0.5, 0.6) is 5.75 Å². The molecule has 0 bridgehead atoms. The van der Waals surface area contributed by atoms with E-state index in [1.807, 2.05) is 36.4 Å². The van der Waals surface area contributed by atoms with Crippen LogP contribution in [0.4, 0.5) is 0 Å². The summed E-state index contributed by atoms with van der Waals surface area (Å²) in [4.78, 5) is 11.8. The fraction of sp³-hybridized carbons (Fsp3) is 0.455. The number of rotatable bonds is 8. The molecule has 3 heterocycles. The van der Waals surface area contributed by atoms with Crippen molar-refractivity contribution >= 4 is 21.8 Å². The van der Waals surface area contributed by atoms with Gasteiger partial charge in [-0.3, -0.25) is 9.19 Å². The molecule has 1 N–H and O–H groups in total. The second-order valence-corrected chi connectivity index (χ2v) is 9.60. The lowest BCUT2D eigenvalue weighted by atomic mass is 9.95. The zero-order valence-corrected chi connectivity index (χ0v) is 18.1. The van der Waals surface area contributed by atoms with Crippen molar-refractivity contribution < 1.29 is 18.4 Å². The molecule has 0 saturated carbocycles. The Bertz CT molecular complexity index is 977. The van der Waals surface area contributed by atoms with Gasteiger partial charge in [-0.2, -0.15) is 0 Å². The lowest BCUT2D eigenvalue weighted by Crippen LogP contribution is -2.37. The molecule has 0 spiro atoms. The number of imidazole rings is 1. The molecule has 4 rings (SSSR count). The normalized spacial score (nSPS) is 17.8. The maximum atomic E-state index is 12.7. The lowest BCUT2D eigenvalue weighted by molar-refractivity contribution is -0.224. The van der Waals surface area contributed by atoms with Crippen LogP contribution in [-0.4, -0.2) is 45.3 Å². The molecule has 30 heavy (non-hydrogen) atoms. The van der Waals surface area contributed by atoms with Crippen LogP contribution in [-0.2, 0) is 26.0 Å². The quantitative estimate of drug-likeness (QED) is 0.548. The van der Waals surface area contributed by atoms with Crippen molar-refractivity contribution in [1.82, 2.24) is 15.0 Å². The van der Waals surface area contributed by atoms with E-state index in [0.717, 1.165) is 23.9 Å². The van der Waals surface area contributed by atoms with Gasteiger partial charge in [0.15, 0.2) is 11.4 Å². The fourth-order valence-electron chi connectivity index (χ4n) is 3.20. The summed E-state index contributed by atoms with van der Waals surface area (Å²) in [6, 6.07) is 11.3. The Kier molecular flexibility index (Phi) is 6.46. The Morgan fingerprint density at radius 2 is 2.03 bits per heavy atom. The molecule has 1 aliphatic rings. The number of nitrogens with zero attached hydrogens (tertiary/aromatic N) is 2. The molecule has 7 nitrogen and oxygen atoms in total. The highest BCUT2D eigenvalue weighted by Crippen LogP contribution is 2.24. The van der Waals surface area contributed by atoms with Gasteiger partial charge < -0.3 is 19.2 Å². The number of hydrogen-bond donors (Lipinski definition) is 1. The van der Waals surface area contributed by atoms with Crippen LogP contribution < -0.4 is 4.74 Å². The largest absolute Gasteiger partial charge is 0.493 e. The number of hydrogen-bond acceptors (Lipinski definition) is 6. The number of aromatic amines is 1. The number of H-pyrrole nitrogens is 1. The van der Waals surface area contributed by atoms with Crippen molar-refractivity contribution in [3.8, 4) is 5.75 Å². The minimum Gasteiger partial charge on any atom is -0.493 e. The Balaban J connectivity index is 1.26. The molecule has 1 unspecified atom stereocenters. The molecule has 1 fully saturated rings. The monoisotopic (exact) mass is 429 g/mol. The predicted molar refractivity (Wildman–Crippen MR) is 115 cm³/mol. The second kappa shape index (κ2) is 9.24. The Morgan fingerprint density at radius 1 is 1.23 bits per heavy atom. The third-order valence-corrected chi connectivity index (χ3v) is 6.01. The summed E-state index contributed by atoms with van der Waals surface area (Å²) in [6.07, 6.45) is 3.15. The van der Waals surface area contributed by atoms with Gasteiger partial charge >= 0.3 is 0 Å². The molecule has 1 atom stereocenters. The number of ether oxygens (including phenoxy) is 3. The fourth-order valence-corrected chi connectivity index (χ4v) is 4.19. The molecular weight excluding hydrogens is 402 g/mol. The van der Waals surface area contributed by atoms with Crippen molar-refractivity contribution in [2.24, 2.45) is 5.41 Å². The number of pyridine rings is 1. The van der Waals surface area contributed by atoms with Crippen LogP contribution in [0.15, 0.2) is 47.8 Å². The van der Waals surface area contributed by atoms with Crippen LogP contribution in [0.3, 0.4) is 0 Å². The van der Waals surface area contributed by atoms with Gasteiger partial charge in [0.25, 0.3) is 0 Å². The Hall–Kier alpha value is -2.29. The van der Waals surface area contributed by atoms with Gasteiger partial charge in [-0.05, 0) is 24.6 Å². The average molecular weight is 430 g/mol. The van der Waals surface area contributed by atoms with Crippen molar-refractivity contribution in [3.63, 3.8) is 0 Å². The minimum absolute atomic E-state index is 0.0862. The topological polar surface area (TPSA) is 86.3 Å². The van der Waals surface area contributed by atoms with Gasteiger partial charge in [0.1, 0.15) is 5.75 Å². The molecule has 160 valence electrons. The van der Waals surface area contributed by atoms with Crippen LogP contribution in [0.2, 0.25) is 0 Å². The van der Waals surface area contributed by atoms with Gasteiger partial charge in [-0.25, -0.2) is 4.98 Å². The summed E-state index contributed by atoms with van der Waals surface area (Å²) in [5.74, 6) is 0.990. The van der Waals surface area contributed by atoms with Crippen molar-refractivity contribution in [2.75, 3.05) is 19.8 Å². The van der Waals surface area contributed by atoms with Gasteiger partial charge in [-0.15, -0.1) is 0 Å². The average Bonchev–Trinajstić information content (AvgIpc) is 3.17. The van der Waals surface area contributed by atoms with Gasteiger partial charge in [0, 0.05) is 24.1 Å². The maximum absolute atomic E-state index is 12.7. The highest BCUT2D eigenvalue weighted by Gasteiger charge is 2.27. The van der Waals surface area contributed by atoms with Crippen molar-refractivity contribution in [3.05, 3.63) is 48.3 Å². The predicted octanol–water partition coefficient (Wildman–Crippen LogP) is 3.82. The van der Waals surface area contributed by atoms with Crippen molar-refractivity contribution in [2.45, 2.75) is 43.9 Å². The molecule has 1 aliphatic heterocycles. The van der Waals surface area contributed by atoms with Crippen LogP contribution in [0.25, 0.3) is 11.0 Å². The number of nitrogens with one attached hydrogen (secondary N) is 1. The second-order valence-electron chi connectivity index (χ2n) is 8.24. The smallest absolute Gasteiger partial charge is 0.197 e. The Labute approximate surface area is 178 Å². The van der Waals surface area contributed by atoms with E-state index in [0.29, 0.717) is 36.4 Å². The van der Waals surface area contributed by atoms with Crippen LogP contribution in [0, 0.1) is 5.41 Å². The highest BCUT2D eigenvalue weighted by atomic mass is 32.2. The summed E-state index contributed by atoms with van der Waals surface area (Å²) in [5.41, 5.74) is 2.47. The van der Waals surface area contributed by atoms with E-state index in [-0.39, 0.29) is 17.5 Å². The van der Waals surface area contributed by atoms with E-state index < -0.39 is 10.8 Å². The summed E-state index contributed by atoms with van der Waals surface area (Å²) >= 11 is 0.